The largest absolute Gasteiger partial charge is 0.336 e. The van der Waals surface area contributed by atoms with E-state index < -0.39 is 5.82 Å². The molecule has 0 N–H and O–H groups in total. The first-order chi connectivity index (χ1) is 13.2. The normalized spacial score (nSPS) is 19.6. The molecule has 1 aliphatic heterocycles. The van der Waals surface area contributed by atoms with Crippen molar-refractivity contribution in [2.24, 2.45) is 0 Å². The highest BCUT2D eigenvalue weighted by Gasteiger charge is 2.31. The van der Waals surface area contributed by atoms with Crippen LogP contribution in [0.3, 0.4) is 0 Å². The number of benzene rings is 1. The Morgan fingerprint density at radius 2 is 2.07 bits per heavy atom. The SMILES string of the molecule is O=C(c1ccccc1F)N1CC[C@H](n2cc(-c3nc(C4CC4)no3)nn2)C1. The van der Waals surface area contributed by atoms with E-state index in [4.69, 9.17) is 4.52 Å². The molecular formula is C18H17FN6O2. The molecule has 0 radical (unpaired) electrons. The summed E-state index contributed by atoms with van der Waals surface area (Å²) in [7, 11) is 0. The van der Waals surface area contributed by atoms with Crippen LogP contribution < -0.4 is 0 Å². The van der Waals surface area contributed by atoms with E-state index in [0.29, 0.717) is 30.6 Å². The van der Waals surface area contributed by atoms with Gasteiger partial charge in [0.2, 0.25) is 0 Å². The van der Waals surface area contributed by atoms with Gasteiger partial charge in [0.15, 0.2) is 11.5 Å². The third-order valence-electron chi connectivity index (χ3n) is 5.04. The van der Waals surface area contributed by atoms with E-state index in [1.165, 1.54) is 12.1 Å². The van der Waals surface area contributed by atoms with Gasteiger partial charge in [-0.25, -0.2) is 9.07 Å². The lowest BCUT2D eigenvalue weighted by Crippen LogP contribution is -2.29. The summed E-state index contributed by atoms with van der Waals surface area (Å²) in [6, 6.07) is 6.01. The van der Waals surface area contributed by atoms with Crippen LogP contribution in [0, 0.1) is 5.82 Å². The molecule has 8 nitrogen and oxygen atoms in total. The van der Waals surface area contributed by atoms with E-state index in [0.717, 1.165) is 25.1 Å². The van der Waals surface area contributed by atoms with Crippen molar-refractivity contribution < 1.29 is 13.7 Å². The number of amides is 1. The molecule has 5 rings (SSSR count). The number of carbonyl (C=O) groups is 1. The molecule has 1 aromatic carbocycles. The lowest BCUT2D eigenvalue weighted by Gasteiger charge is -2.16. The third-order valence-corrected chi connectivity index (χ3v) is 5.04. The number of hydrogen-bond acceptors (Lipinski definition) is 6. The van der Waals surface area contributed by atoms with Crippen molar-refractivity contribution in [1.29, 1.82) is 0 Å². The van der Waals surface area contributed by atoms with Crippen LogP contribution in [0.4, 0.5) is 4.39 Å². The average molecular weight is 368 g/mol. The second-order valence-corrected chi connectivity index (χ2v) is 6.99. The quantitative estimate of drug-likeness (QED) is 0.703. The van der Waals surface area contributed by atoms with Crippen LogP contribution >= 0.6 is 0 Å². The summed E-state index contributed by atoms with van der Waals surface area (Å²) in [4.78, 5) is 18.6. The Bertz CT molecular complexity index is 995. The Morgan fingerprint density at radius 1 is 1.22 bits per heavy atom. The number of aromatic nitrogens is 5. The molecule has 1 amide bonds. The summed E-state index contributed by atoms with van der Waals surface area (Å²) in [5.74, 6) is 0.687. The summed E-state index contributed by atoms with van der Waals surface area (Å²) in [5, 5.41) is 12.3. The van der Waals surface area contributed by atoms with Crippen LogP contribution in [0.1, 0.15) is 47.4 Å². The Labute approximate surface area is 154 Å². The molecule has 2 aromatic heterocycles. The molecule has 1 saturated carbocycles. The zero-order valence-electron chi connectivity index (χ0n) is 14.5. The first kappa shape index (κ1) is 16.1. The number of rotatable bonds is 4. The molecule has 0 bridgehead atoms. The van der Waals surface area contributed by atoms with Crippen LogP contribution in [-0.2, 0) is 0 Å². The first-order valence-corrected chi connectivity index (χ1v) is 8.98. The summed E-state index contributed by atoms with van der Waals surface area (Å²) in [6.07, 6.45) is 4.67. The molecule has 2 aliphatic rings. The first-order valence-electron chi connectivity index (χ1n) is 8.98. The van der Waals surface area contributed by atoms with Gasteiger partial charge >= 0.3 is 0 Å². The average Bonchev–Trinajstić information content (AvgIpc) is 3.09. The maximum absolute atomic E-state index is 13.9. The van der Waals surface area contributed by atoms with Crippen molar-refractivity contribution in [3.8, 4) is 11.6 Å². The van der Waals surface area contributed by atoms with Gasteiger partial charge < -0.3 is 9.42 Å². The molecule has 0 spiro atoms. The second kappa shape index (κ2) is 6.26. The summed E-state index contributed by atoms with van der Waals surface area (Å²) >= 11 is 0. The van der Waals surface area contributed by atoms with Crippen molar-refractivity contribution in [1.82, 2.24) is 30.0 Å². The van der Waals surface area contributed by atoms with Crippen LogP contribution in [0.25, 0.3) is 11.6 Å². The molecule has 1 aliphatic carbocycles. The Hall–Kier alpha value is -3.10. The number of hydrogen-bond donors (Lipinski definition) is 0. The number of nitrogens with zero attached hydrogens (tertiary/aromatic N) is 6. The van der Waals surface area contributed by atoms with Gasteiger partial charge in [-0.05, 0) is 31.4 Å². The fraction of sp³-hybridized carbons (Fsp3) is 0.389. The Kier molecular flexibility index (Phi) is 3.73. The number of halogens is 1. The minimum Gasteiger partial charge on any atom is -0.336 e. The molecule has 27 heavy (non-hydrogen) atoms. The molecule has 0 unspecified atom stereocenters. The molecule has 1 saturated heterocycles. The van der Waals surface area contributed by atoms with E-state index in [9.17, 15) is 9.18 Å². The lowest BCUT2D eigenvalue weighted by atomic mass is 10.2. The maximum atomic E-state index is 13.9. The van der Waals surface area contributed by atoms with Gasteiger partial charge in [0.1, 0.15) is 5.82 Å². The van der Waals surface area contributed by atoms with Crippen molar-refractivity contribution in [2.45, 2.75) is 31.2 Å². The molecule has 2 fully saturated rings. The second-order valence-electron chi connectivity index (χ2n) is 6.99. The summed E-state index contributed by atoms with van der Waals surface area (Å²) in [5.41, 5.74) is 0.615. The van der Waals surface area contributed by atoms with Gasteiger partial charge in [0, 0.05) is 19.0 Å². The van der Waals surface area contributed by atoms with Gasteiger partial charge in [-0.3, -0.25) is 4.79 Å². The van der Waals surface area contributed by atoms with Crippen LogP contribution in [0.5, 0.6) is 0 Å². The van der Waals surface area contributed by atoms with Gasteiger partial charge in [-0.1, -0.05) is 22.5 Å². The van der Waals surface area contributed by atoms with E-state index in [2.05, 4.69) is 20.5 Å². The van der Waals surface area contributed by atoms with Crippen LogP contribution in [-0.4, -0.2) is 49.0 Å². The summed E-state index contributed by atoms with van der Waals surface area (Å²) in [6.45, 7) is 0.993. The highest BCUT2D eigenvalue weighted by molar-refractivity contribution is 5.94. The van der Waals surface area contributed by atoms with Crippen LogP contribution in [0.2, 0.25) is 0 Å². The standard InChI is InChI=1S/C18H17FN6O2/c19-14-4-2-1-3-13(14)18(26)24-8-7-12(9-24)25-10-15(21-23-25)17-20-16(22-27-17)11-5-6-11/h1-4,10-12H,5-9H2/t12-/m0/s1. The highest BCUT2D eigenvalue weighted by Crippen LogP contribution is 2.38. The predicted octanol–water partition coefficient (Wildman–Crippen LogP) is 2.43. The lowest BCUT2D eigenvalue weighted by molar-refractivity contribution is 0.0782. The molecule has 3 heterocycles. The van der Waals surface area contributed by atoms with Gasteiger partial charge in [0.25, 0.3) is 11.8 Å². The third kappa shape index (κ3) is 2.98. The van der Waals surface area contributed by atoms with Crippen molar-refractivity contribution in [3.63, 3.8) is 0 Å². The van der Waals surface area contributed by atoms with Crippen LogP contribution in [0.15, 0.2) is 35.0 Å². The highest BCUT2D eigenvalue weighted by atomic mass is 19.1. The van der Waals surface area contributed by atoms with Crippen molar-refractivity contribution in [3.05, 3.63) is 47.7 Å². The number of carbonyl (C=O) groups excluding carboxylic acids is 1. The zero-order chi connectivity index (χ0) is 18.4. The number of likely N-dealkylation sites (tertiary alicyclic amines) is 1. The molecule has 9 heteroatoms. The fourth-order valence-corrected chi connectivity index (χ4v) is 3.35. The van der Waals surface area contributed by atoms with Gasteiger partial charge in [0.05, 0.1) is 17.8 Å². The smallest absolute Gasteiger partial charge is 0.280 e. The van der Waals surface area contributed by atoms with E-state index in [-0.39, 0.29) is 17.5 Å². The van der Waals surface area contributed by atoms with Gasteiger partial charge in [-0.2, -0.15) is 4.98 Å². The Morgan fingerprint density at radius 3 is 2.89 bits per heavy atom. The minimum atomic E-state index is -0.503. The van der Waals surface area contributed by atoms with E-state index in [1.807, 2.05) is 0 Å². The topological polar surface area (TPSA) is 89.9 Å². The fourth-order valence-electron chi connectivity index (χ4n) is 3.35. The zero-order valence-corrected chi connectivity index (χ0v) is 14.5. The molecular weight excluding hydrogens is 351 g/mol. The maximum Gasteiger partial charge on any atom is 0.280 e. The monoisotopic (exact) mass is 368 g/mol. The van der Waals surface area contributed by atoms with Crippen molar-refractivity contribution in [2.75, 3.05) is 13.1 Å². The van der Waals surface area contributed by atoms with E-state index >= 15 is 0 Å². The molecule has 138 valence electrons. The molecule has 1 atom stereocenters. The predicted molar refractivity (Wildman–Crippen MR) is 91.2 cm³/mol. The summed E-state index contributed by atoms with van der Waals surface area (Å²) < 4.78 is 20.9. The van der Waals surface area contributed by atoms with Gasteiger partial charge in [-0.15, -0.1) is 5.10 Å². The Balaban J connectivity index is 1.29. The minimum absolute atomic E-state index is 0.0206. The van der Waals surface area contributed by atoms with Crippen molar-refractivity contribution >= 4 is 5.91 Å². The van der Waals surface area contributed by atoms with E-state index in [1.54, 1.807) is 27.9 Å². The molecule has 3 aromatic rings.